The van der Waals surface area contributed by atoms with Crippen molar-refractivity contribution in [3.63, 3.8) is 0 Å². The van der Waals surface area contributed by atoms with E-state index in [9.17, 15) is 19.2 Å². The molecule has 0 spiro atoms. The van der Waals surface area contributed by atoms with E-state index in [1.165, 1.54) is 0 Å². The zero-order chi connectivity index (χ0) is 30.3. The average Bonchev–Trinajstić information content (AvgIpc) is 3.00. The van der Waals surface area contributed by atoms with Crippen molar-refractivity contribution in [2.24, 2.45) is 0 Å². The molecule has 218 valence electrons. The number of hydrogen-bond donors (Lipinski definition) is 0. The van der Waals surface area contributed by atoms with E-state index in [0.717, 1.165) is 96.9 Å². The first-order valence-electron chi connectivity index (χ1n) is 15.7. The summed E-state index contributed by atoms with van der Waals surface area (Å²) < 4.78 is 0. The average molecular weight is 563 g/mol. The van der Waals surface area contributed by atoms with Crippen LogP contribution in [0.25, 0.3) is 43.1 Å². The summed E-state index contributed by atoms with van der Waals surface area (Å²) in [7, 11) is 0. The Labute approximate surface area is 247 Å². The van der Waals surface area contributed by atoms with Crippen LogP contribution in [-0.4, -0.2) is 0 Å². The Bertz CT molecular complexity index is 1790. The molecular formula is C38H42O4. The predicted molar refractivity (Wildman–Crippen MR) is 179 cm³/mol. The van der Waals surface area contributed by atoms with E-state index in [-0.39, 0.29) is 21.7 Å². The summed E-state index contributed by atoms with van der Waals surface area (Å²) in [6.45, 7) is 11.3. The highest BCUT2D eigenvalue weighted by Crippen LogP contribution is 2.38. The summed E-state index contributed by atoms with van der Waals surface area (Å²) in [5, 5.41) is 5.87. The third-order valence-electron chi connectivity index (χ3n) is 9.64. The van der Waals surface area contributed by atoms with Crippen LogP contribution in [0.3, 0.4) is 0 Å². The van der Waals surface area contributed by atoms with Gasteiger partial charge in [-0.15, -0.1) is 0 Å². The maximum Gasteiger partial charge on any atom is 0.189 e. The lowest BCUT2D eigenvalue weighted by Crippen LogP contribution is -2.19. The van der Waals surface area contributed by atoms with E-state index in [1.54, 1.807) is 27.7 Å². The largest absolute Gasteiger partial charge is 0.289 e. The minimum Gasteiger partial charge on any atom is -0.289 e. The molecule has 5 rings (SSSR count). The fourth-order valence-electron chi connectivity index (χ4n) is 6.72. The van der Waals surface area contributed by atoms with Gasteiger partial charge >= 0.3 is 0 Å². The molecule has 0 aliphatic carbocycles. The van der Waals surface area contributed by atoms with Crippen molar-refractivity contribution in [2.75, 3.05) is 0 Å². The van der Waals surface area contributed by atoms with Crippen molar-refractivity contribution in [1.29, 1.82) is 0 Å². The zero-order valence-corrected chi connectivity index (χ0v) is 26.0. The Morgan fingerprint density at radius 1 is 0.381 bits per heavy atom. The first-order chi connectivity index (χ1) is 20.1. The molecule has 42 heavy (non-hydrogen) atoms. The molecule has 0 aliphatic rings. The van der Waals surface area contributed by atoms with Crippen LogP contribution < -0.4 is 21.7 Å². The molecule has 0 aliphatic heterocycles. The number of rotatable bonds is 10. The summed E-state index contributed by atoms with van der Waals surface area (Å²) in [5.41, 5.74) is 3.88. The van der Waals surface area contributed by atoms with Crippen LogP contribution in [0.4, 0.5) is 0 Å². The molecule has 0 radical (unpaired) electrons. The van der Waals surface area contributed by atoms with Crippen molar-refractivity contribution in [1.82, 2.24) is 0 Å². The van der Waals surface area contributed by atoms with E-state index in [4.69, 9.17) is 0 Å². The smallest absolute Gasteiger partial charge is 0.189 e. The Hall–Kier alpha value is -3.66. The number of aryl methyl sites for hydroxylation is 2. The first-order valence-corrected chi connectivity index (χ1v) is 15.7. The summed E-state index contributed by atoms with van der Waals surface area (Å²) in [4.78, 5) is 53.8. The van der Waals surface area contributed by atoms with Crippen LogP contribution in [-0.2, 0) is 12.8 Å². The summed E-state index contributed by atoms with van der Waals surface area (Å²) >= 11 is 0. The molecule has 0 saturated carbocycles. The highest BCUT2D eigenvalue weighted by atomic mass is 16.1. The molecule has 0 unspecified atom stereocenters. The molecule has 0 saturated heterocycles. The monoisotopic (exact) mass is 562 g/mol. The highest BCUT2D eigenvalue weighted by molar-refractivity contribution is 6.13. The fraction of sp³-hybridized carbons (Fsp3) is 0.421. The minimum absolute atomic E-state index is 0.0898. The van der Waals surface area contributed by atoms with Crippen LogP contribution in [0.1, 0.15) is 98.6 Å². The van der Waals surface area contributed by atoms with Gasteiger partial charge in [0.25, 0.3) is 0 Å². The second-order valence-electron chi connectivity index (χ2n) is 12.3. The first kappa shape index (κ1) is 29.8. The van der Waals surface area contributed by atoms with Gasteiger partial charge in [-0.3, -0.25) is 19.2 Å². The second kappa shape index (κ2) is 11.9. The van der Waals surface area contributed by atoms with Gasteiger partial charge in [0, 0.05) is 43.8 Å². The minimum atomic E-state index is -0.0898. The lowest BCUT2D eigenvalue weighted by atomic mass is 9.84. The molecule has 0 aromatic heterocycles. The third-order valence-corrected chi connectivity index (χ3v) is 9.64. The van der Waals surface area contributed by atoms with E-state index >= 15 is 0 Å². The lowest BCUT2D eigenvalue weighted by Gasteiger charge is -2.19. The molecule has 4 nitrogen and oxygen atoms in total. The topological polar surface area (TPSA) is 68.3 Å². The molecule has 0 heterocycles. The summed E-state index contributed by atoms with van der Waals surface area (Å²) in [6.07, 6.45) is 10.3. The van der Waals surface area contributed by atoms with E-state index in [1.807, 2.05) is 24.3 Å². The molecule has 5 aromatic carbocycles. The molecule has 4 heteroatoms. The molecule has 0 N–H and O–H groups in total. The molecule has 0 fully saturated rings. The molecular weight excluding hydrogens is 520 g/mol. The Balaban J connectivity index is 1.98. The molecule has 0 bridgehead atoms. The number of fused-ring (bicyclic) bond motifs is 4. The predicted octanol–water partition coefficient (Wildman–Crippen LogP) is 8.10. The quantitative estimate of drug-likeness (QED) is 0.127. The number of benzene rings is 5. The van der Waals surface area contributed by atoms with Crippen LogP contribution in [0.2, 0.25) is 0 Å². The number of hydrogen-bond acceptors (Lipinski definition) is 4. The van der Waals surface area contributed by atoms with Crippen molar-refractivity contribution in [2.45, 2.75) is 106 Å². The molecule has 5 aromatic rings. The Kier molecular flexibility index (Phi) is 8.46. The fourth-order valence-corrected chi connectivity index (χ4v) is 6.72. The maximum absolute atomic E-state index is 13.5. The van der Waals surface area contributed by atoms with Crippen molar-refractivity contribution in [3.05, 3.63) is 98.5 Å². The lowest BCUT2D eigenvalue weighted by molar-refractivity contribution is 0.668. The van der Waals surface area contributed by atoms with Crippen LogP contribution in [0.5, 0.6) is 0 Å². The van der Waals surface area contributed by atoms with Gasteiger partial charge < -0.3 is 0 Å². The van der Waals surface area contributed by atoms with Crippen molar-refractivity contribution in [3.8, 4) is 0 Å². The zero-order valence-electron chi connectivity index (χ0n) is 26.0. The van der Waals surface area contributed by atoms with Gasteiger partial charge in [-0.2, -0.15) is 0 Å². The van der Waals surface area contributed by atoms with Crippen molar-refractivity contribution < 1.29 is 0 Å². The van der Waals surface area contributed by atoms with Gasteiger partial charge in [0.15, 0.2) is 21.7 Å². The van der Waals surface area contributed by atoms with E-state index < -0.39 is 0 Å². The second-order valence-corrected chi connectivity index (χ2v) is 12.3. The van der Waals surface area contributed by atoms with Crippen LogP contribution in [0, 0.1) is 27.7 Å². The van der Waals surface area contributed by atoms with Crippen LogP contribution in [0.15, 0.2) is 43.4 Å². The maximum atomic E-state index is 13.5. The van der Waals surface area contributed by atoms with Gasteiger partial charge in [-0.1, -0.05) is 52.4 Å². The van der Waals surface area contributed by atoms with Gasteiger partial charge in [0.1, 0.15) is 0 Å². The van der Waals surface area contributed by atoms with E-state index in [0.29, 0.717) is 43.8 Å². The standard InChI is InChI=1S/C38H42O4/c1-7-9-11-13-15-25-27-17-31-33(37(41)23(5)21(3)35(31)39)19-29(27)26(16-14-12-10-8-2)30-20-34-32(18-28(25)30)36(40)22(4)24(6)38(34)42/h17-20H,7-16H2,1-6H3. The Morgan fingerprint density at radius 2 is 0.643 bits per heavy atom. The number of unbranched alkanes of at least 4 members (excludes halogenated alkanes) is 6. The SMILES string of the molecule is CCCCCCc1c2cc3c(=O)c(C)c(C)c(=O)c3cc2c(CCCCCC)c2cc3c(=O)c(C)c(C)c(=O)c3cc12. The van der Waals surface area contributed by atoms with E-state index in [2.05, 4.69) is 13.8 Å². The van der Waals surface area contributed by atoms with Crippen LogP contribution >= 0.6 is 0 Å². The van der Waals surface area contributed by atoms with Gasteiger partial charge in [0.2, 0.25) is 0 Å². The highest BCUT2D eigenvalue weighted by Gasteiger charge is 2.21. The van der Waals surface area contributed by atoms with Gasteiger partial charge in [-0.05, 0) is 110 Å². The molecule has 0 atom stereocenters. The molecule has 0 amide bonds. The van der Waals surface area contributed by atoms with Gasteiger partial charge in [-0.25, -0.2) is 0 Å². The Morgan fingerprint density at radius 3 is 0.881 bits per heavy atom. The third kappa shape index (κ3) is 4.89. The normalized spacial score (nSPS) is 12.0. The van der Waals surface area contributed by atoms with Crippen molar-refractivity contribution >= 4 is 43.1 Å². The van der Waals surface area contributed by atoms with Gasteiger partial charge in [0.05, 0.1) is 0 Å². The summed E-state index contributed by atoms with van der Waals surface area (Å²) in [5.74, 6) is 0. The summed E-state index contributed by atoms with van der Waals surface area (Å²) in [6, 6.07) is 7.80.